The Morgan fingerprint density at radius 2 is 2.35 bits per heavy atom. The van der Waals surface area contributed by atoms with Crippen molar-refractivity contribution in [3.05, 3.63) is 46.9 Å². The molecule has 0 aliphatic heterocycles. The lowest BCUT2D eigenvalue weighted by atomic mass is 10.2. The van der Waals surface area contributed by atoms with E-state index >= 15 is 0 Å². The summed E-state index contributed by atoms with van der Waals surface area (Å²) in [6.45, 7) is -0.234. The fraction of sp³-hybridized carbons (Fsp3) is 0.267. The summed E-state index contributed by atoms with van der Waals surface area (Å²) in [5.74, 6) is 1.21. The van der Waals surface area contributed by atoms with E-state index in [2.05, 4.69) is 15.5 Å². The van der Waals surface area contributed by atoms with Gasteiger partial charge in [0.1, 0.15) is 11.8 Å². The van der Waals surface area contributed by atoms with Crippen LogP contribution in [0.3, 0.4) is 0 Å². The van der Waals surface area contributed by atoms with Crippen LogP contribution in [0.1, 0.15) is 24.1 Å². The second kappa shape index (κ2) is 7.21. The van der Waals surface area contributed by atoms with E-state index in [4.69, 9.17) is 8.94 Å². The van der Waals surface area contributed by atoms with Crippen molar-refractivity contribution in [1.29, 1.82) is 0 Å². The Bertz CT molecular complexity index is 737. The van der Waals surface area contributed by atoms with Gasteiger partial charge in [-0.1, -0.05) is 5.16 Å². The molecule has 0 spiro atoms. The molecule has 7 nitrogen and oxygen atoms in total. The maximum Gasteiger partial charge on any atom is 0.227 e. The molecule has 8 heteroatoms. The van der Waals surface area contributed by atoms with Crippen molar-refractivity contribution in [2.24, 2.45) is 0 Å². The summed E-state index contributed by atoms with van der Waals surface area (Å²) >= 11 is 1.55. The summed E-state index contributed by atoms with van der Waals surface area (Å²) in [5.41, 5.74) is 0.896. The lowest BCUT2D eigenvalue weighted by Crippen LogP contribution is -2.30. The fourth-order valence-corrected chi connectivity index (χ4v) is 2.68. The van der Waals surface area contributed by atoms with Crippen molar-refractivity contribution in [3.8, 4) is 11.4 Å². The molecule has 2 N–H and O–H groups in total. The number of aliphatic hydroxyl groups excluding tert-OH is 1. The van der Waals surface area contributed by atoms with Gasteiger partial charge in [0.15, 0.2) is 0 Å². The average molecular weight is 333 g/mol. The van der Waals surface area contributed by atoms with Crippen LogP contribution in [0.5, 0.6) is 0 Å². The number of nitrogens with one attached hydrogen (secondary N) is 1. The van der Waals surface area contributed by atoms with Crippen molar-refractivity contribution in [2.75, 3.05) is 6.61 Å². The van der Waals surface area contributed by atoms with Gasteiger partial charge < -0.3 is 19.4 Å². The number of carbonyl (C=O) groups is 1. The summed E-state index contributed by atoms with van der Waals surface area (Å²) in [7, 11) is 0. The minimum atomic E-state index is -0.554. The maximum absolute atomic E-state index is 12.0. The molecule has 0 saturated carbocycles. The predicted molar refractivity (Wildman–Crippen MR) is 82.6 cm³/mol. The summed E-state index contributed by atoms with van der Waals surface area (Å²) in [6, 6.07) is 4.75. The molecule has 0 fully saturated rings. The van der Waals surface area contributed by atoms with Crippen LogP contribution in [-0.4, -0.2) is 27.8 Å². The highest BCUT2D eigenvalue weighted by Crippen LogP contribution is 2.19. The number of furan rings is 1. The molecule has 1 amide bonds. The molecule has 23 heavy (non-hydrogen) atoms. The lowest BCUT2D eigenvalue weighted by Gasteiger charge is -2.13. The van der Waals surface area contributed by atoms with Crippen LogP contribution >= 0.6 is 11.3 Å². The Morgan fingerprint density at radius 1 is 1.43 bits per heavy atom. The van der Waals surface area contributed by atoms with Crippen molar-refractivity contribution in [3.63, 3.8) is 0 Å². The van der Waals surface area contributed by atoms with Crippen LogP contribution in [0.2, 0.25) is 0 Å². The van der Waals surface area contributed by atoms with Crippen LogP contribution in [-0.2, 0) is 11.2 Å². The van der Waals surface area contributed by atoms with E-state index in [-0.39, 0.29) is 18.9 Å². The van der Waals surface area contributed by atoms with Crippen LogP contribution in [0.15, 0.2) is 44.2 Å². The monoisotopic (exact) mass is 333 g/mol. The van der Waals surface area contributed by atoms with Gasteiger partial charge in [-0.05, 0) is 23.6 Å². The van der Waals surface area contributed by atoms with Crippen LogP contribution in [0, 0.1) is 0 Å². The van der Waals surface area contributed by atoms with Gasteiger partial charge in [-0.25, -0.2) is 0 Å². The fourth-order valence-electron chi connectivity index (χ4n) is 2.05. The summed E-state index contributed by atoms with van der Waals surface area (Å²) in [5, 5.41) is 19.8. The second-order valence-corrected chi connectivity index (χ2v) is 5.62. The van der Waals surface area contributed by atoms with Gasteiger partial charge in [0.2, 0.25) is 17.6 Å². The van der Waals surface area contributed by atoms with E-state index in [9.17, 15) is 9.90 Å². The third kappa shape index (κ3) is 3.85. The molecule has 0 aliphatic rings. The molecule has 0 saturated heterocycles. The van der Waals surface area contributed by atoms with Gasteiger partial charge in [0.25, 0.3) is 0 Å². The number of amides is 1. The van der Waals surface area contributed by atoms with Crippen molar-refractivity contribution >= 4 is 17.2 Å². The van der Waals surface area contributed by atoms with Gasteiger partial charge in [-0.3, -0.25) is 4.79 Å². The molecule has 3 rings (SSSR count). The molecule has 0 bridgehead atoms. The molecular weight excluding hydrogens is 318 g/mol. The molecule has 1 unspecified atom stereocenters. The number of carbonyl (C=O) groups excluding carboxylic acids is 1. The third-order valence-corrected chi connectivity index (χ3v) is 3.90. The van der Waals surface area contributed by atoms with Crippen molar-refractivity contribution in [2.45, 2.75) is 18.9 Å². The van der Waals surface area contributed by atoms with E-state index in [0.29, 0.717) is 23.9 Å². The van der Waals surface area contributed by atoms with Gasteiger partial charge >= 0.3 is 0 Å². The molecule has 3 aromatic rings. The summed E-state index contributed by atoms with van der Waals surface area (Å²) in [4.78, 5) is 16.2. The smallest absolute Gasteiger partial charge is 0.227 e. The Hall–Kier alpha value is -2.45. The SMILES string of the molecule is O=C(CCc1nc(-c2ccsc2)no1)NC(CO)c1ccco1. The minimum absolute atomic E-state index is 0.183. The number of thiophene rings is 1. The minimum Gasteiger partial charge on any atom is -0.467 e. The number of aryl methyl sites for hydroxylation is 1. The van der Waals surface area contributed by atoms with Crippen molar-refractivity contribution in [1.82, 2.24) is 15.5 Å². The summed E-state index contributed by atoms with van der Waals surface area (Å²) < 4.78 is 10.3. The summed E-state index contributed by atoms with van der Waals surface area (Å²) in [6.07, 6.45) is 2.01. The van der Waals surface area contributed by atoms with Crippen LogP contribution in [0.4, 0.5) is 0 Å². The van der Waals surface area contributed by atoms with E-state index in [0.717, 1.165) is 5.56 Å². The van der Waals surface area contributed by atoms with Gasteiger partial charge in [-0.15, -0.1) is 0 Å². The van der Waals surface area contributed by atoms with Gasteiger partial charge in [0.05, 0.1) is 12.9 Å². The Labute approximate surface area is 135 Å². The largest absolute Gasteiger partial charge is 0.467 e. The van der Waals surface area contributed by atoms with Gasteiger partial charge in [0, 0.05) is 23.8 Å². The predicted octanol–water partition coefficient (Wildman–Crippen LogP) is 2.17. The first kappa shape index (κ1) is 15.4. The molecule has 0 aromatic carbocycles. The number of rotatable bonds is 7. The Balaban J connectivity index is 1.53. The van der Waals surface area contributed by atoms with E-state index in [1.165, 1.54) is 6.26 Å². The highest BCUT2D eigenvalue weighted by atomic mass is 32.1. The average Bonchev–Trinajstić information content (AvgIpc) is 3.32. The highest BCUT2D eigenvalue weighted by molar-refractivity contribution is 7.08. The Kier molecular flexibility index (Phi) is 4.84. The Morgan fingerprint density at radius 3 is 3.04 bits per heavy atom. The zero-order chi connectivity index (χ0) is 16.1. The first-order valence-electron chi connectivity index (χ1n) is 7.05. The number of aliphatic hydroxyl groups is 1. The molecule has 0 radical (unpaired) electrons. The molecule has 120 valence electrons. The normalized spacial score (nSPS) is 12.2. The third-order valence-electron chi connectivity index (χ3n) is 3.22. The van der Waals surface area contributed by atoms with E-state index < -0.39 is 6.04 Å². The first-order chi connectivity index (χ1) is 11.3. The van der Waals surface area contributed by atoms with E-state index in [1.54, 1.807) is 23.5 Å². The number of nitrogens with zero attached hydrogens (tertiary/aromatic N) is 2. The van der Waals surface area contributed by atoms with Crippen LogP contribution in [0.25, 0.3) is 11.4 Å². The number of hydrogen-bond acceptors (Lipinski definition) is 7. The lowest BCUT2D eigenvalue weighted by molar-refractivity contribution is -0.122. The number of aromatic nitrogens is 2. The molecule has 0 aliphatic carbocycles. The highest BCUT2D eigenvalue weighted by Gasteiger charge is 2.17. The zero-order valence-electron chi connectivity index (χ0n) is 12.1. The zero-order valence-corrected chi connectivity index (χ0v) is 13.0. The maximum atomic E-state index is 12.0. The standard InChI is InChI=1S/C15H15N3O4S/c19-8-11(12-2-1-6-21-12)16-13(20)3-4-14-17-15(18-22-14)10-5-7-23-9-10/h1-2,5-7,9,11,19H,3-4,8H2,(H,16,20). The molecular formula is C15H15N3O4S. The molecule has 3 heterocycles. The topological polar surface area (TPSA) is 101 Å². The quantitative estimate of drug-likeness (QED) is 0.687. The second-order valence-electron chi connectivity index (χ2n) is 4.84. The van der Waals surface area contributed by atoms with Crippen molar-refractivity contribution < 1.29 is 18.8 Å². The van der Waals surface area contributed by atoms with E-state index in [1.807, 2.05) is 16.8 Å². The molecule has 1 atom stereocenters. The first-order valence-corrected chi connectivity index (χ1v) is 7.99. The number of hydrogen-bond donors (Lipinski definition) is 2. The van der Waals surface area contributed by atoms with Gasteiger partial charge in [-0.2, -0.15) is 16.3 Å². The van der Waals surface area contributed by atoms with Crippen LogP contribution < -0.4 is 5.32 Å². The molecule has 3 aromatic heterocycles.